The van der Waals surface area contributed by atoms with Crippen LogP contribution in [0.4, 0.5) is 11.5 Å². The zero-order valence-electron chi connectivity index (χ0n) is 31.9. The first kappa shape index (κ1) is 40.6. The molecule has 0 atom stereocenters. The van der Waals surface area contributed by atoms with E-state index in [0.717, 1.165) is 40.6 Å². The van der Waals surface area contributed by atoms with Crippen molar-refractivity contribution >= 4 is 58.1 Å². The lowest BCUT2D eigenvalue weighted by molar-refractivity contribution is -0.596. The lowest BCUT2D eigenvalue weighted by Gasteiger charge is -2.30. The number of hydrogen-bond donors (Lipinski definition) is 2. The third kappa shape index (κ3) is 8.70. The van der Waals surface area contributed by atoms with Crippen LogP contribution in [0.25, 0.3) is 11.4 Å². The van der Waals surface area contributed by atoms with Gasteiger partial charge in [-0.15, -0.1) is 0 Å². The minimum absolute atomic E-state index is 0.000290. The molecule has 5 aromatic rings. The Balaban J connectivity index is 1.45. The van der Waals surface area contributed by atoms with Crippen LogP contribution in [0, 0.1) is 6.92 Å². The highest BCUT2D eigenvalue weighted by Crippen LogP contribution is 2.38. The summed E-state index contributed by atoms with van der Waals surface area (Å²) in [6, 6.07) is 17.4. The number of H-pyrrole nitrogens is 1. The number of nitrogens with one attached hydrogen (secondary N) is 2. The fraction of sp³-hybridized carbons (Fsp3) is 0.333. The van der Waals surface area contributed by atoms with Gasteiger partial charge in [-0.1, -0.05) is 108 Å². The lowest BCUT2D eigenvalue weighted by atomic mass is 9.76. The van der Waals surface area contributed by atoms with Gasteiger partial charge in [0.25, 0.3) is 5.91 Å². The minimum atomic E-state index is -0.657. The average Bonchev–Trinajstić information content (AvgIpc) is 3.44. The lowest BCUT2D eigenvalue weighted by Crippen LogP contribution is -2.37. The number of carbonyl (C=O) groups is 1. The highest BCUT2D eigenvalue weighted by atomic mass is 35.5. The molecule has 0 unspecified atom stereocenters. The molecule has 1 amide bonds. The molecular formula is C42H46Cl3N5O4. The number of aromatic amines is 1. The normalized spacial score (nSPS) is 12.2. The van der Waals surface area contributed by atoms with E-state index in [1.165, 1.54) is 23.8 Å². The molecule has 0 spiro atoms. The Bertz CT molecular complexity index is 2270. The molecule has 0 fully saturated rings. The predicted molar refractivity (Wildman–Crippen MR) is 217 cm³/mol. The monoisotopic (exact) mass is 789 g/mol. The topological polar surface area (TPSA) is 115 Å². The van der Waals surface area contributed by atoms with Crippen LogP contribution in [0.15, 0.2) is 82.8 Å². The van der Waals surface area contributed by atoms with E-state index in [1.54, 1.807) is 29.0 Å². The summed E-state index contributed by atoms with van der Waals surface area (Å²) in [6.07, 6.45) is 6.15. The number of hydrogen-bond acceptors (Lipinski definition) is 5. The number of nitrogens with zero attached hydrogens (tertiary/aromatic N) is 3. The van der Waals surface area contributed by atoms with Crippen molar-refractivity contribution in [2.24, 2.45) is 4.99 Å². The van der Waals surface area contributed by atoms with Gasteiger partial charge in [0.05, 0.1) is 10.0 Å². The Morgan fingerprint density at radius 2 is 1.65 bits per heavy atom. The van der Waals surface area contributed by atoms with Gasteiger partial charge in [-0.3, -0.25) is 14.7 Å². The summed E-state index contributed by atoms with van der Waals surface area (Å²) >= 11 is 19.1. The Morgan fingerprint density at radius 1 is 0.963 bits per heavy atom. The molecule has 0 radical (unpaired) electrons. The average molecular weight is 791 g/mol. The number of amides is 1. The Labute approximate surface area is 331 Å². The molecule has 2 heterocycles. The molecule has 0 saturated carbocycles. The maximum atomic E-state index is 14.0. The van der Waals surface area contributed by atoms with Gasteiger partial charge in [0.15, 0.2) is 19.0 Å². The quantitative estimate of drug-likeness (QED) is 0.0704. The number of rotatable bonds is 13. The van der Waals surface area contributed by atoms with Crippen molar-refractivity contribution in [3.8, 4) is 17.1 Å². The van der Waals surface area contributed by atoms with Gasteiger partial charge >= 0.3 is 11.2 Å². The highest BCUT2D eigenvalue weighted by Gasteiger charge is 2.28. The van der Waals surface area contributed by atoms with Gasteiger partial charge in [-0.05, 0) is 89.9 Å². The summed E-state index contributed by atoms with van der Waals surface area (Å²) < 4.78 is 8.87. The maximum Gasteiger partial charge on any atom is 0.346 e. The number of pyridine rings is 1. The summed E-state index contributed by atoms with van der Waals surface area (Å²) in [4.78, 5) is 31.5. The van der Waals surface area contributed by atoms with Crippen molar-refractivity contribution in [2.45, 2.75) is 85.5 Å². The van der Waals surface area contributed by atoms with E-state index < -0.39 is 17.4 Å². The number of halogens is 3. The van der Waals surface area contributed by atoms with E-state index in [1.807, 2.05) is 32.2 Å². The standard InChI is InChI=1S/C42H46Cl3N5O4/c1-9-26-23-49(18-17-25(26)4)37-38(48-50(40(37)53)36-32(44)21-29(43)22-33(36)45)47-39(52)27-13-12-14-30(19-27)46-35(51)24-54-34-16-15-28(41(5,6)10-2)20-31(34)42(7,8)11-3/h12-23H,9-11,24H2,1-8H3,(H2-,46,47,48,51,52,53). The molecule has 9 nitrogen and oxygen atoms in total. The Hall–Kier alpha value is -4.57. The van der Waals surface area contributed by atoms with Crippen LogP contribution in [-0.4, -0.2) is 28.2 Å². The Morgan fingerprint density at radius 3 is 2.30 bits per heavy atom. The van der Waals surface area contributed by atoms with Gasteiger partial charge in [0, 0.05) is 27.9 Å². The second-order valence-electron chi connectivity index (χ2n) is 14.6. The summed E-state index contributed by atoms with van der Waals surface area (Å²) in [7, 11) is 0. The molecular weight excluding hydrogens is 745 g/mol. The third-order valence-electron chi connectivity index (χ3n) is 10.2. The van der Waals surface area contributed by atoms with Crippen LogP contribution in [0.3, 0.4) is 0 Å². The molecule has 5 rings (SSSR count). The van der Waals surface area contributed by atoms with Crippen LogP contribution < -0.4 is 25.3 Å². The molecule has 2 aromatic heterocycles. The Kier molecular flexibility index (Phi) is 12.4. The predicted octanol–water partition coefficient (Wildman–Crippen LogP) is 9.10. The number of carbonyl (C=O) groups excluding carboxylic acids is 1. The summed E-state index contributed by atoms with van der Waals surface area (Å²) in [5.74, 6) is -0.413. The van der Waals surface area contributed by atoms with E-state index in [4.69, 9.17) is 39.5 Å². The fourth-order valence-corrected chi connectivity index (χ4v) is 6.98. The largest absolute Gasteiger partial charge is 0.858 e. The third-order valence-corrected chi connectivity index (χ3v) is 11.0. The number of ether oxygens (including phenoxy) is 1. The van der Waals surface area contributed by atoms with E-state index in [-0.39, 0.29) is 50.2 Å². The maximum absolute atomic E-state index is 14.0. The van der Waals surface area contributed by atoms with Crippen molar-refractivity contribution in [3.05, 3.63) is 126 Å². The first-order valence-electron chi connectivity index (χ1n) is 17.9. The van der Waals surface area contributed by atoms with Crippen LogP contribution >= 0.6 is 34.8 Å². The first-order chi connectivity index (χ1) is 25.5. The van der Waals surface area contributed by atoms with Crippen molar-refractivity contribution in [1.29, 1.82) is 0 Å². The van der Waals surface area contributed by atoms with Crippen LogP contribution in [0.2, 0.25) is 15.1 Å². The summed E-state index contributed by atoms with van der Waals surface area (Å²) in [5, 5.41) is 20.0. The molecule has 54 heavy (non-hydrogen) atoms. The minimum Gasteiger partial charge on any atom is -0.858 e. The molecule has 0 bridgehead atoms. The molecule has 2 N–H and O–H groups in total. The number of aromatic nitrogens is 3. The molecule has 284 valence electrons. The number of aryl methyl sites for hydroxylation is 2. The van der Waals surface area contributed by atoms with Crippen LogP contribution in [-0.2, 0) is 22.0 Å². The highest BCUT2D eigenvalue weighted by molar-refractivity contribution is 6.40. The van der Waals surface area contributed by atoms with Crippen molar-refractivity contribution in [2.75, 3.05) is 11.9 Å². The number of anilines is 1. The molecule has 0 aliphatic rings. The van der Waals surface area contributed by atoms with Gasteiger partial charge < -0.3 is 15.2 Å². The van der Waals surface area contributed by atoms with Crippen LogP contribution in [0.1, 0.15) is 89.1 Å². The van der Waals surface area contributed by atoms with E-state index >= 15 is 0 Å². The fourth-order valence-electron chi connectivity index (χ4n) is 5.99. The molecule has 0 aliphatic heterocycles. The van der Waals surface area contributed by atoms with Crippen molar-refractivity contribution in [1.82, 2.24) is 9.78 Å². The zero-order valence-corrected chi connectivity index (χ0v) is 34.1. The van der Waals surface area contributed by atoms with Crippen molar-refractivity contribution in [3.63, 3.8) is 0 Å². The number of benzene rings is 3. The van der Waals surface area contributed by atoms with Crippen molar-refractivity contribution < 1.29 is 19.2 Å². The van der Waals surface area contributed by atoms with Gasteiger partial charge in [0.1, 0.15) is 11.4 Å². The summed E-state index contributed by atoms with van der Waals surface area (Å²) in [5.41, 5.74) is 4.41. The van der Waals surface area contributed by atoms with Gasteiger partial charge in [0.2, 0.25) is 5.82 Å². The second-order valence-corrected chi connectivity index (χ2v) is 15.9. The molecule has 12 heteroatoms. The smallest absolute Gasteiger partial charge is 0.346 e. The molecule has 0 saturated heterocycles. The zero-order chi connectivity index (χ0) is 39.5. The van der Waals surface area contributed by atoms with Gasteiger partial charge in [-0.25, -0.2) is 9.67 Å². The summed E-state index contributed by atoms with van der Waals surface area (Å²) in [6.45, 7) is 16.9. The SMILES string of the molecule is CCc1c[n+](-c2c(N=C([O-])c3cccc(NC(=O)COc4ccc(C(C)(C)CC)cc4C(C)(C)CC)c3)[nH]n(-c3c(Cl)cc(Cl)cc3Cl)c2=O)ccc1C. The second kappa shape index (κ2) is 16.4. The first-order valence-corrected chi connectivity index (χ1v) is 19.1. The van der Waals surface area contributed by atoms with E-state index in [0.29, 0.717) is 16.5 Å². The van der Waals surface area contributed by atoms with Crippen LogP contribution in [0.5, 0.6) is 5.75 Å². The molecule has 0 aliphatic carbocycles. The molecule has 3 aromatic carbocycles. The van der Waals surface area contributed by atoms with E-state index in [9.17, 15) is 14.7 Å². The van der Waals surface area contributed by atoms with Gasteiger partial charge in [-0.2, -0.15) is 4.57 Å². The van der Waals surface area contributed by atoms with E-state index in [2.05, 4.69) is 69.1 Å². The number of aliphatic imine (C=N–C) groups is 1.